The van der Waals surface area contributed by atoms with Gasteiger partial charge in [0.05, 0.1) is 5.92 Å². The van der Waals surface area contributed by atoms with Gasteiger partial charge in [-0.2, -0.15) is 0 Å². The fraction of sp³-hybridized carbons (Fsp3) is 0.273. The first kappa shape index (κ1) is 19.2. The average molecular weight is 384 g/mol. The number of aliphatic carboxylic acids is 1. The van der Waals surface area contributed by atoms with E-state index in [1.54, 1.807) is 23.1 Å². The standard InChI is InChI=1S/C22H22ClNO3/c1-2-15(16-6-4-3-5-7-16)12-21(25)24-13-19(20(14-24)22(26)27)17-8-10-18(23)11-9-17/h2-11,15,19-20H,1,12-14H2,(H,26,27)/t15?,19-,20+/m0/s1. The summed E-state index contributed by atoms with van der Waals surface area (Å²) in [6.07, 6.45) is 2.06. The van der Waals surface area contributed by atoms with Gasteiger partial charge in [0.25, 0.3) is 0 Å². The van der Waals surface area contributed by atoms with E-state index in [-0.39, 0.29) is 30.7 Å². The first-order valence-electron chi connectivity index (χ1n) is 8.93. The highest BCUT2D eigenvalue weighted by molar-refractivity contribution is 6.30. The lowest BCUT2D eigenvalue weighted by molar-refractivity contribution is -0.141. The van der Waals surface area contributed by atoms with E-state index in [0.29, 0.717) is 11.6 Å². The number of allylic oxidation sites excluding steroid dienone is 1. The third-order valence-corrected chi connectivity index (χ3v) is 5.45. The number of carboxylic acid groups (broad SMARTS) is 1. The highest BCUT2D eigenvalue weighted by Crippen LogP contribution is 2.34. The number of benzene rings is 2. The number of amides is 1. The Morgan fingerprint density at radius 2 is 1.81 bits per heavy atom. The van der Waals surface area contributed by atoms with Gasteiger partial charge >= 0.3 is 5.97 Å². The zero-order valence-corrected chi connectivity index (χ0v) is 15.7. The summed E-state index contributed by atoms with van der Waals surface area (Å²) >= 11 is 5.94. The van der Waals surface area contributed by atoms with E-state index < -0.39 is 11.9 Å². The van der Waals surface area contributed by atoms with Gasteiger partial charge in [0.1, 0.15) is 0 Å². The molecule has 5 heteroatoms. The summed E-state index contributed by atoms with van der Waals surface area (Å²) in [6, 6.07) is 16.9. The van der Waals surface area contributed by atoms with Crippen molar-refractivity contribution in [3.63, 3.8) is 0 Å². The second-order valence-corrected chi connectivity index (χ2v) is 7.29. The summed E-state index contributed by atoms with van der Waals surface area (Å²) in [6.45, 7) is 4.47. The highest BCUT2D eigenvalue weighted by Gasteiger charge is 2.40. The molecule has 1 amide bonds. The van der Waals surface area contributed by atoms with Crippen LogP contribution >= 0.6 is 11.6 Å². The van der Waals surface area contributed by atoms with Gasteiger partial charge in [0.2, 0.25) is 5.91 Å². The van der Waals surface area contributed by atoms with Crippen LogP contribution in [0.3, 0.4) is 0 Å². The number of carbonyl (C=O) groups excluding carboxylic acids is 1. The van der Waals surface area contributed by atoms with Gasteiger partial charge in [-0.1, -0.05) is 60.1 Å². The molecule has 0 radical (unpaired) electrons. The van der Waals surface area contributed by atoms with E-state index in [1.165, 1.54) is 0 Å². The first-order valence-corrected chi connectivity index (χ1v) is 9.31. The van der Waals surface area contributed by atoms with Crippen molar-refractivity contribution in [1.29, 1.82) is 0 Å². The van der Waals surface area contributed by atoms with Crippen LogP contribution in [0.5, 0.6) is 0 Å². The molecular formula is C22H22ClNO3. The van der Waals surface area contributed by atoms with E-state index in [0.717, 1.165) is 11.1 Å². The molecule has 1 aliphatic rings. The van der Waals surface area contributed by atoms with Gasteiger partial charge in [0, 0.05) is 36.4 Å². The van der Waals surface area contributed by atoms with Gasteiger partial charge in [-0.25, -0.2) is 0 Å². The number of halogens is 1. The second kappa shape index (κ2) is 8.40. The third kappa shape index (κ3) is 4.40. The number of rotatable bonds is 6. The fourth-order valence-electron chi connectivity index (χ4n) is 3.66. The lowest BCUT2D eigenvalue weighted by Gasteiger charge is -2.20. The molecule has 0 saturated carbocycles. The molecule has 0 aromatic heterocycles. The van der Waals surface area contributed by atoms with Crippen LogP contribution in [0.4, 0.5) is 0 Å². The molecule has 3 atom stereocenters. The van der Waals surface area contributed by atoms with Crippen molar-refractivity contribution in [2.24, 2.45) is 5.92 Å². The minimum absolute atomic E-state index is 0.0496. The lowest BCUT2D eigenvalue weighted by atomic mass is 9.89. The molecule has 1 unspecified atom stereocenters. The maximum atomic E-state index is 12.9. The third-order valence-electron chi connectivity index (χ3n) is 5.19. The van der Waals surface area contributed by atoms with Crippen LogP contribution in [0, 0.1) is 5.92 Å². The summed E-state index contributed by atoms with van der Waals surface area (Å²) in [5.74, 6) is -1.87. The molecule has 140 valence electrons. The fourth-order valence-corrected chi connectivity index (χ4v) is 3.79. The quantitative estimate of drug-likeness (QED) is 0.755. The Bertz CT molecular complexity index is 819. The summed E-state index contributed by atoms with van der Waals surface area (Å²) in [5.41, 5.74) is 1.93. The molecule has 1 N–H and O–H groups in total. The minimum atomic E-state index is -0.881. The van der Waals surface area contributed by atoms with Crippen LogP contribution in [0.25, 0.3) is 0 Å². The Kier molecular flexibility index (Phi) is 5.97. The van der Waals surface area contributed by atoms with E-state index in [2.05, 4.69) is 6.58 Å². The second-order valence-electron chi connectivity index (χ2n) is 6.86. The molecule has 0 spiro atoms. The van der Waals surface area contributed by atoms with Gasteiger partial charge in [-0.3, -0.25) is 9.59 Å². The normalized spacial score (nSPS) is 20.3. The number of hydrogen-bond acceptors (Lipinski definition) is 2. The SMILES string of the molecule is C=CC(CC(=O)N1C[C@@H](C(=O)O)[C@H](c2ccc(Cl)cc2)C1)c1ccccc1. The van der Waals surface area contributed by atoms with Gasteiger partial charge < -0.3 is 10.0 Å². The summed E-state index contributed by atoms with van der Waals surface area (Å²) in [4.78, 5) is 26.3. The molecular weight excluding hydrogens is 362 g/mol. The van der Waals surface area contributed by atoms with Crippen LogP contribution in [0.1, 0.15) is 29.4 Å². The molecule has 0 bridgehead atoms. The van der Waals surface area contributed by atoms with Crippen LogP contribution in [-0.2, 0) is 9.59 Å². The van der Waals surface area contributed by atoms with Crippen molar-refractivity contribution < 1.29 is 14.7 Å². The highest BCUT2D eigenvalue weighted by atomic mass is 35.5. The van der Waals surface area contributed by atoms with Gasteiger partial charge in [0.15, 0.2) is 0 Å². The summed E-state index contributed by atoms with van der Waals surface area (Å²) in [5, 5.41) is 10.2. The maximum absolute atomic E-state index is 12.9. The van der Waals surface area contributed by atoms with Gasteiger partial charge in [-0.15, -0.1) is 6.58 Å². The molecule has 27 heavy (non-hydrogen) atoms. The first-order chi connectivity index (χ1) is 13.0. The van der Waals surface area contributed by atoms with Crippen molar-refractivity contribution in [2.75, 3.05) is 13.1 Å². The van der Waals surface area contributed by atoms with E-state index in [9.17, 15) is 14.7 Å². The zero-order chi connectivity index (χ0) is 19.4. The minimum Gasteiger partial charge on any atom is -0.481 e. The Morgan fingerprint density at radius 3 is 2.41 bits per heavy atom. The predicted octanol–water partition coefficient (Wildman–Crippen LogP) is 4.33. The number of carbonyl (C=O) groups is 2. The molecule has 1 heterocycles. The molecule has 4 nitrogen and oxygen atoms in total. The Hall–Kier alpha value is -2.59. The molecule has 1 saturated heterocycles. The van der Waals surface area contributed by atoms with E-state index in [4.69, 9.17) is 11.6 Å². The molecule has 1 aliphatic heterocycles. The monoisotopic (exact) mass is 383 g/mol. The van der Waals surface area contributed by atoms with Crippen LogP contribution in [-0.4, -0.2) is 35.0 Å². The van der Waals surface area contributed by atoms with Gasteiger partial charge in [-0.05, 0) is 23.3 Å². The van der Waals surface area contributed by atoms with Crippen LogP contribution < -0.4 is 0 Å². The molecule has 3 rings (SSSR count). The smallest absolute Gasteiger partial charge is 0.308 e. The van der Waals surface area contributed by atoms with Crippen LogP contribution in [0.2, 0.25) is 5.02 Å². The van der Waals surface area contributed by atoms with Crippen molar-refractivity contribution in [1.82, 2.24) is 4.90 Å². The maximum Gasteiger partial charge on any atom is 0.308 e. The summed E-state index contributed by atoms with van der Waals surface area (Å²) < 4.78 is 0. The molecule has 0 aliphatic carbocycles. The van der Waals surface area contributed by atoms with E-state index >= 15 is 0 Å². The van der Waals surface area contributed by atoms with Crippen LogP contribution in [0.15, 0.2) is 67.3 Å². The Labute approximate surface area is 164 Å². The topological polar surface area (TPSA) is 57.6 Å². The average Bonchev–Trinajstić information content (AvgIpc) is 3.13. The lowest BCUT2D eigenvalue weighted by Crippen LogP contribution is -2.30. The largest absolute Gasteiger partial charge is 0.481 e. The van der Waals surface area contributed by atoms with E-state index in [1.807, 2.05) is 42.5 Å². The Morgan fingerprint density at radius 1 is 1.15 bits per heavy atom. The number of likely N-dealkylation sites (tertiary alicyclic amines) is 1. The predicted molar refractivity (Wildman–Crippen MR) is 106 cm³/mol. The zero-order valence-electron chi connectivity index (χ0n) is 14.9. The number of carboxylic acids is 1. The number of nitrogens with zero attached hydrogens (tertiary/aromatic N) is 1. The molecule has 1 fully saturated rings. The van der Waals surface area contributed by atoms with Crippen molar-refractivity contribution in [3.8, 4) is 0 Å². The molecule has 2 aromatic carbocycles. The summed E-state index contributed by atoms with van der Waals surface area (Å²) in [7, 11) is 0. The van der Waals surface area contributed by atoms with Crippen molar-refractivity contribution in [2.45, 2.75) is 18.3 Å². The molecule has 2 aromatic rings. The van der Waals surface area contributed by atoms with Crippen molar-refractivity contribution >= 4 is 23.5 Å². The number of hydrogen-bond donors (Lipinski definition) is 1. The van der Waals surface area contributed by atoms with Crippen molar-refractivity contribution in [3.05, 3.63) is 83.4 Å². The Balaban J connectivity index is 1.74.